The fraction of sp³-hybridized carbons (Fsp3) is 0.526. The minimum absolute atomic E-state index is 0.105. The number of ether oxygens (including phenoxy) is 2. The Hall–Kier alpha value is -2.25. The Morgan fingerprint density at radius 1 is 1.19 bits per heavy atom. The van der Waals surface area contributed by atoms with E-state index in [1.54, 1.807) is 13.1 Å². The Balaban J connectivity index is 1.55. The van der Waals surface area contributed by atoms with E-state index in [4.69, 9.17) is 9.47 Å². The number of morpholine rings is 1. The zero-order valence-corrected chi connectivity index (χ0v) is 15.2. The molecule has 4 rings (SSSR count). The van der Waals surface area contributed by atoms with E-state index >= 15 is 0 Å². The molecule has 2 aliphatic rings. The van der Waals surface area contributed by atoms with Gasteiger partial charge in [-0.3, -0.25) is 4.79 Å². The van der Waals surface area contributed by atoms with Crippen molar-refractivity contribution in [1.82, 2.24) is 15.0 Å². The summed E-state index contributed by atoms with van der Waals surface area (Å²) in [5.74, 6) is 1.48. The van der Waals surface area contributed by atoms with E-state index in [-0.39, 0.29) is 11.2 Å². The Morgan fingerprint density at radius 2 is 2.00 bits per heavy atom. The molecule has 4 heterocycles. The van der Waals surface area contributed by atoms with E-state index in [0.717, 1.165) is 56.2 Å². The van der Waals surface area contributed by atoms with Gasteiger partial charge in [0.2, 0.25) is 0 Å². The molecule has 0 radical (unpaired) electrons. The maximum atomic E-state index is 12.0. The summed E-state index contributed by atoms with van der Waals surface area (Å²) in [5.41, 5.74) is 1.97. The molecular weight excluding hydrogens is 332 g/mol. The third-order valence-electron chi connectivity index (χ3n) is 5.39. The number of rotatable bonds is 2. The van der Waals surface area contributed by atoms with Crippen LogP contribution in [0.4, 0.5) is 5.82 Å². The monoisotopic (exact) mass is 356 g/mol. The lowest BCUT2D eigenvalue weighted by Crippen LogP contribution is -2.54. The molecule has 1 N–H and O–H groups in total. The van der Waals surface area contributed by atoms with Crippen molar-refractivity contribution in [3.05, 3.63) is 39.9 Å². The molecule has 0 saturated carbocycles. The number of nitrogens with one attached hydrogen (secondary N) is 1. The molecule has 0 unspecified atom stereocenters. The highest BCUT2D eigenvalue weighted by Crippen LogP contribution is 2.31. The first-order valence-corrected chi connectivity index (χ1v) is 9.07. The zero-order chi connectivity index (χ0) is 18.1. The molecule has 2 aromatic heterocycles. The Bertz CT molecular complexity index is 835. The first kappa shape index (κ1) is 17.2. The fourth-order valence-corrected chi connectivity index (χ4v) is 3.58. The van der Waals surface area contributed by atoms with Gasteiger partial charge in [-0.2, -0.15) is 0 Å². The molecule has 7 heteroatoms. The van der Waals surface area contributed by atoms with E-state index in [9.17, 15) is 4.79 Å². The van der Waals surface area contributed by atoms with Gasteiger partial charge in [-0.05, 0) is 26.0 Å². The Kier molecular flexibility index (Phi) is 4.50. The molecule has 138 valence electrons. The van der Waals surface area contributed by atoms with Crippen LogP contribution in [0.5, 0.6) is 0 Å². The third-order valence-corrected chi connectivity index (χ3v) is 5.39. The molecule has 2 aromatic rings. The van der Waals surface area contributed by atoms with Gasteiger partial charge in [0.1, 0.15) is 11.6 Å². The SMILES string of the molecule is Cc1nc(-c2ccc(N3CCOC4(CCOCC4)C3)nc2)[nH]c(=O)c1C. The van der Waals surface area contributed by atoms with Gasteiger partial charge in [-0.15, -0.1) is 0 Å². The van der Waals surface area contributed by atoms with Gasteiger partial charge < -0.3 is 19.4 Å². The number of nitrogens with zero attached hydrogens (tertiary/aromatic N) is 3. The van der Waals surface area contributed by atoms with E-state index in [1.165, 1.54) is 0 Å². The number of H-pyrrole nitrogens is 1. The summed E-state index contributed by atoms with van der Waals surface area (Å²) in [5, 5.41) is 0. The average Bonchev–Trinajstić information content (AvgIpc) is 2.66. The van der Waals surface area contributed by atoms with Gasteiger partial charge in [0.15, 0.2) is 0 Å². The van der Waals surface area contributed by atoms with E-state index < -0.39 is 0 Å². The number of aromatic amines is 1. The van der Waals surface area contributed by atoms with Crippen molar-refractivity contribution in [2.24, 2.45) is 0 Å². The summed E-state index contributed by atoms with van der Waals surface area (Å²) in [6.07, 6.45) is 3.62. The largest absolute Gasteiger partial charge is 0.381 e. The molecule has 0 amide bonds. The summed E-state index contributed by atoms with van der Waals surface area (Å²) >= 11 is 0. The number of hydrogen-bond acceptors (Lipinski definition) is 6. The third kappa shape index (κ3) is 3.24. The maximum Gasteiger partial charge on any atom is 0.254 e. The van der Waals surface area contributed by atoms with E-state index in [0.29, 0.717) is 18.0 Å². The molecule has 0 aromatic carbocycles. The molecule has 7 nitrogen and oxygen atoms in total. The number of anilines is 1. The van der Waals surface area contributed by atoms with E-state index in [2.05, 4.69) is 19.9 Å². The van der Waals surface area contributed by atoms with Crippen molar-refractivity contribution < 1.29 is 9.47 Å². The molecule has 0 aliphatic carbocycles. The first-order valence-electron chi connectivity index (χ1n) is 9.07. The van der Waals surface area contributed by atoms with Crippen molar-refractivity contribution in [3.63, 3.8) is 0 Å². The van der Waals surface area contributed by atoms with Crippen LogP contribution in [0.25, 0.3) is 11.4 Å². The van der Waals surface area contributed by atoms with Crippen molar-refractivity contribution >= 4 is 5.82 Å². The van der Waals surface area contributed by atoms with Crippen LogP contribution in [-0.2, 0) is 9.47 Å². The summed E-state index contributed by atoms with van der Waals surface area (Å²) in [4.78, 5) is 26.2. The van der Waals surface area contributed by atoms with Crippen LogP contribution in [0, 0.1) is 13.8 Å². The van der Waals surface area contributed by atoms with Gasteiger partial charge in [0.25, 0.3) is 5.56 Å². The van der Waals surface area contributed by atoms with Crippen LogP contribution in [0.15, 0.2) is 23.1 Å². The van der Waals surface area contributed by atoms with Gasteiger partial charge in [0.05, 0.1) is 12.2 Å². The van der Waals surface area contributed by atoms with Gasteiger partial charge >= 0.3 is 0 Å². The predicted octanol–water partition coefficient (Wildman–Crippen LogP) is 1.83. The molecule has 0 bridgehead atoms. The van der Waals surface area contributed by atoms with Crippen molar-refractivity contribution in [2.75, 3.05) is 37.8 Å². The molecule has 0 atom stereocenters. The molecule has 2 saturated heterocycles. The Morgan fingerprint density at radius 3 is 2.69 bits per heavy atom. The van der Waals surface area contributed by atoms with E-state index in [1.807, 2.05) is 19.1 Å². The lowest BCUT2D eigenvalue weighted by Gasteiger charge is -2.45. The normalized spacial score (nSPS) is 19.7. The molecule has 2 aliphatic heterocycles. The van der Waals surface area contributed by atoms with Crippen LogP contribution >= 0.6 is 0 Å². The molecule has 26 heavy (non-hydrogen) atoms. The topological polar surface area (TPSA) is 80.3 Å². The van der Waals surface area contributed by atoms with Gasteiger partial charge in [-0.25, -0.2) is 9.97 Å². The summed E-state index contributed by atoms with van der Waals surface area (Å²) in [7, 11) is 0. The first-order chi connectivity index (χ1) is 12.6. The second-order valence-electron chi connectivity index (χ2n) is 7.10. The van der Waals surface area contributed by atoms with Crippen LogP contribution < -0.4 is 10.5 Å². The maximum absolute atomic E-state index is 12.0. The minimum Gasteiger partial charge on any atom is -0.381 e. The van der Waals surface area contributed by atoms with Crippen molar-refractivity contribution in [1.29, 1.82) is 0 Å². The highest BCUT2D eigenvalue weighted by molar-refractivity contribution is 5.56. The van der Waals surface area contributed by atoms with Crippen LogP contribution in [0.1, 0.15) is 24.1 Å². The molecule has 2 fully saturated rings. The van der Waals surface area contributed by atoms with Crippen LogP contribution in [0.3, 0.4) is 0 Å². The lowest BCUT2D eigenvalue weighted by molar-refractivity contribution is -0.116. The zero-order valence-electron chi connectivity index (χ0n) is 15.2. The lowest BCUT2D eigenvalue weighted by atomic mass is 9.92. The average molecular weight is 356 g/mol. The minimum atomic E-state index is -0.113. The van der Waals surface area contributed by atoms with Gasteiger partial charge in [0, 0.05) is 62.2 Å². The highest BCUT2D eigenvalue weighted by Gasteiger charge is 2.38. The predicted molar refractivity (Wildman–Crippen MR) is 98.5 cm³/mol. The number of aryl methyl sites for hydroxylation is 1. The van der Waals surface area contributed by atoms with Crippen molar-refractivity contribution in [3.8, 4) is 11.4 Å². The second kappa shape index (κ2) is 6.81. The second-order valence-corrected chi connectivity index (χ2v) is 7.10. The van der Waals surface area contributed by atoms with Crippen LogP contribution in [-0.4, -0.2) is 53.5 Å². The van der Waals surface area contributed by atoms with Crippen LogP contribution in [0.2, 0.25) is 0 Å². The van der Waals surface area contributed by atoms with Crippen molar-refractivity contribution in [2.45, 2.75) is 32.3 Å². The quantitative estimate of drug-likeness (QED) is 0.884. The smallest absolute Gasteiger partial charge is 0.254 e. The molecule has 1 spiro atoms. The fourth-order valence-electron chi connectivity index (χ4n) is 3.58. The molecular formula is C19H24N4O3. The number of aromatic nitrogens is 3. The summed E-state index contributed by atoms with van der Waals surface area (Å²) < 4.78 is 11.6. The standard InChI is InChI=1S/C19H24N4O3/c1-13-14(2)21-17(22-18(13)24)15-3-4-16(20-11-15)23-7-10-26-19(12-23)5-8-25-9-6-19/h3-4,11H,5-10,12H2,1-2H3,(H,21,22,24). The van der Waals surface area contributed by atoms with Gasteiger partial charge in [-0.1, -0.05) is 0 Å². The number of hydrogen-bond donors (Lipinski definition) is 1. The Labute approximate surface area is 152 Å². The highest BCUT2D eigenvalue weighted by atomic mass is 16.5. The summed E-state index contributed by atoms with van der Waals surface area (Å²) in [6, 6.07) is 3.95. The number of pyridine rings is 1. The summed E-state index contributed by atoms with van der Waals surface area (Å²) in [6.45, 7) is 7.50.